The summed E-state index contributed by atoms with van der Waals surface area (Å²) in [4.78, 5) is 13.3. The monoisotopic (exact) mass is 260 g/mol. The van der Waals surface area contributed by atoms with Crippen molar-refractivity contribution in [2.45, 2.75) is 32.0 Å². The fourth-order valence-electron chi connectivity index (χ4n) is 2.60. The molecule has 0 saturated carbocycles. The predicted molar refractivity (Wildman–Crippen MR) is 64.0 cm³/mol. The van der Waals surface area contributed by atoms with Crippen molar-refractivity contribution in [1.82, 2.24) is 10.2 Å². The lowest BCUT2D eigenvalue weighted by atomic mass is 9.70. The molecule has 6 heteroatoms. The zero-order valence-corrected chi connectivity index (χ0v) is 11.1. The third kappa shape index (κ3) is 2.07. The number of halogens is 1. The van der Waals surface area contributed by atoms with Crippen molar-refractivity contribution in [2.75, 3.05) is 32.8 Å². The Balaban J connectivity index is 1.96. The minimum Gasteiger partial charge on any atom is -0.444 e. The molecule has 0 aromatic carbocycles. The van der Waals surface area contributed by atoms with E-state index in [4.69, 9.17) is 4.74 Å². The van der Waals surface area contributed by atoms with Crippen LogP contribution in [-0.4, -0.2) is 60.2 Å². The number of nitrogens with zero attached hydrogens (tertiary/aromatic N) is 1. The molecule has 2 saturated heterocycles. The number of likely N-dealkylation sites (tertiary alicyclic amines) is 1. The van der Waals surface area contributed by atoms with Gasteiger partial charge in [-0.1, -0.05) is 0 Å². The smallest absolute Gasteiger partial charge is 0.410 e. The number of nitrogens with one attached hydrogen (secondary N) is 1. The van der Waals surface area contributed by atoms with Crippen molar-refractivity contribution < 1.29 is 19.0 Å². The second-order valence-electron chi connectivity index (χ2n) is 6.34. The lowest BCUT2D eigenvalue weighted by Gasteiger charge is -2.52. The van der Waals surface area contributed by atoms with Crippen LogP contribution >= 0.6 is 0 Å². The van der Waals surface area contributed by atoms with E-state index >= 15 is 0 Å². The van der Waals surface area contributed by atoms with Crippen molar-refractivity contribution in [2.24, 2.45) is 5.41 Å². The Morgan fingerprint density at radius 1 is 1.44 bits per heavy atom. The lowest BCUT2D eigenvalue weighted by molar-refractivity contribution is -0.105. The maximum Gasteiger partial charge on any atom is 0.410 e. The zero-order valence-electron chi connectivity index (χ0n) is 11.1. The standard InChI is InChI=1S/C12H21FN2O3/c1-10(2,3)18-9(17)15-6-11(7-15)4-14-5-12(11,13)8-16/h14,16H,4-8H2,1-3H3. The average Bonchev–Trinajstić information content (AvgIpc) is 2.51. The molecule has 1 spiro atoms. The Labute approximate surface area is 106 Å². The first-order valence-corrected chi connectivity index (χ1v) is 6.20. The van der Waals surface area contributed by atoms with Crippen molar-refractivity contribution >= 4 is 6.09 Å². The minimum absolute atomic E-state index is 0.145. The predicted octanol–water partition coefficient (Wildman–Crippen LogP) is 0.527. The van der Waals surface area contributed by atoms with Gasteiger partial charge in [-0.15, -0.1) is 0 Å². The van der Waals surface area contributed by atoms with Crippen LogP contribution in [0.2, 0.25) is 0 Å². The van der Waals surface area contributed by atoms with Gasteiger partial charge in [0.15, 0.2) is 5.67 Å². The Morgan fingerprint density at radius 3 is 2.56 bits per heavy atom. The highest BCUT2D eigenvalue weighted by molar-refractivity contribution is 5.69. The molecule has 5 nitrogen and oxygen atoms in total. The van der Waals surface area contributed by atoms with Gasteiger partial charge in [-0.05, 0) is 20.8 Å². The molecule has 0 aliphatic carbocycles. The highest BCUT2D eigenvalue weighted by Gasteiger charge is 2.63. The van der Waals surface area contributed by atoms with E-state index in [2.05, 4.69) is 5.32 Å². The molecule has 1 amide bonds. The molecule has 0 aromatic heterocycles. The third-order valence-electron chi connectivity index (χ3n) is 3.71. The summed E-state index contributed by atoms with van der Waals surface area (Å²) in [6.07, 6.45) is -0.416. The topological polar surface area (TPSA) is 61.8 Å². The molecule has 1 atom stereocenters. The fraction of sp³-hybridized carbons (Fsp3) is 0.917. The number of aliphatic hydroxyl groups excluding tert-OH is 1. The number of aliphatic hydroxyl groups is 1. The third-order valence-corrected chi connectivity index (χ3v) is 3.71. The number of hydrogen-bond donors (Lipinski definition) is 2. The van der Waals surface area contributed by atoms with Gasteiger partial charge in [0.25, 0.3) is 0 Å². The van der Waals surface area contributed by atoms with E-state index in [-0.39, 0.29) is 6.54 Å². The van der Waals surface area contributed by atoms with Gasteiger partial charge in [0.2, 0.25) is 0 Å². The van der Waals surface area contributed by atoms with Crippen LogP contribution in [0.1, 0.15) is 20.8 Å². The largest absolute Gasteiger partial charge is 0.444 e. The van der Waals surface area contributed by atoms with E-state index in [1.165, 1.54) is 4.90 Å². The summed E-state index contributed by atoms with van der Waals surface area (Å²) in [7, 11) is 0. The first-order valence-electron chi connectivity index (χ1n) is 6.20. The molecule has 2 fully saturated rings. The molecule has 104 valence electrons. The molecule has 2 N–H and O–H groups in total. The van der Waals surface area contributed by atoms with Gasteiger partial charge in [0, 0.05) is 26.2 Å². The van der Waals surface area contributed by atoms with E-state index in [1.54, 1.807) is 20.8 Å². The molecule has 0 radical (unpaired) electrons. The molecule has 18 heavy (non-hydrogen) atoms. The van der Waals surface area contributed by atoms with Crippen molar-refractivity contribution in [3.63, 3.8) is 0 Å². The molecule has 0 aromatic rings. The van der Waals surface area contributed by atoms with E-state index in [0.29, 0.717) is 19.6 Å². The van der Waals surface area contributed by atoms with Gasteiger partial charge in [-0.25, -0.2) is 9.18 Å². The first-order chi connectivity index (χ1) is 8.21. The van der Waals surface area contributed by atoms with Gasteiger partial charge in [-0.3, -0.25) is 0 Å². The number of carbonyl (C=O) groups is 1. The number of ether oxygens (including phenoxy) is 1. The lowest BCUT2D eigenvalue weighted by Crippen LogP contribution is -2.68. The van der Waals surface area contributed by atoms with Crippen LogP contribution in [0.5, 0.6) is 0 Å². The van der Waals surface area contributed by atoms with E-state index in [1.807, 2.05) is 0 Å². The summed E-state index contributed by atoms with van der Waals surface area (Å²) in [5.74, 6) is 0. The van der Waals surface area contributed by atoms with Crippen molar-refractivity contribution in [3.8, 4) is 0 Å². The second kappa shape index (κ2) is 4.06. The number of rotatable bonds is 1. The molecule has 1 unspecified atom stereocenters. The van der Waals surface area contributed by atoms with Gasteiger partial charge >= 0.3 is 6.09 Å². The summed E-state index contributed by atoms with van der Waals surface area (Å²) < 4.78 is 19.7. The van der Waals surface area contributed by atoms with Crippen LogP contribution in [-0.2, 0) is 4.74 Å². The van der Waals surface area contributed by atoms with Gasteiger partial charge in [0.05, 0.1) is 12.0 Å². The SMILES string of the molecule is CC(C)(C)OC(=O)N1CC2(CNCC2(F)CO)C1. The summed E-state index contributed by atoms with van der Waals surface area (Å²) in [5, 5.41) is 12.1. The van der Waals surface area contributed by atoms with E-state index in [9.17, 15) is 14.3 Å². The molecule has 2 aliphatic rings. The van der Waals surface area contributed by atoms with Crippen LogP contribution in [0.15, 0.2) is 0 Å². The second-order valence-corrected chi connectivity index (χ2v) is 6.34. The van der Waals surface area contributed by atoms with Crippen LogP contribution < -0.4 is 5.32 Å². The number of hydrogen-bond acceptors (Lipinski definition) is 4. The van der Waals surface area contributed by atoms with Crippen LogP contribution in [0, 0.1) is 5.41 Å². The Kier molecular flexibility index (Phi) is 3.06. The first kappa shape index (κ1) is 13.5. The maximum atomic E-state index is 14.4. The van der Waals surface area contributed by atoms with Crippen LogP contribution in [0.3, 0.4) is 0 Å². The van der Waals surface area contributed by atoms with Crippen molar-refractivity contribution in [1.29, 1.82) is 0 Å². The molecule has 2 rings (SSSR count). The normalized spacial score (nSPS) is 30.4. The molecule has 0 bridgehead atoms. The summed E-state index contributed by atoms with van der Waals surface area (Å²) in [6.45, 7) is 6.11. The Bertz CT molecular complexity index is 350. The minimum atomic E-state index is -1.63. The molecule has 2 aliphatic heterocycles. The van der Waals surface area contributed by atoms with E-state index in [0.717, 1.165) is 0 Å². The van der Waals surface area contributed by atoms with Crippen LogP contribution in [0.4, 0.5) is 9.18 Å². The highest BCUT2D eigenvalue weighted by Crippen LogP contribution is 2.46. The number of amides is 1. The molecular weight excluding hydrogens is 239 g/mol. The van der Waals surface area contributed by atoms with E-state index < -0.39 is 29.4 Å². The number of carbonyl (C=O) groups excluding carboxylic acids is 1. The quantitative estimate of drug-likeness (QED) is 0.722. The average molecular weight is 260 g/mol. The maximum absolute atomic E-state index is 14.4. The van der Waals surface area contributed by atoms with Gasteiger partial charge in [0.1, 0.15) is 5.60 Å². The Hall–Kier alpha value is -0.880. The Morgan fingerprint density at radius 2 is 2.06 bits per heavy atom. The van der Waals surface area contributed by atoms with Crippen LogP contribution in [0.25, 0.3) is 0 Å². The molecular formula is C12H21FN2O3. The number of alkyl halides is 1. The molecule has 2 heterocycles. The fourth-order valence-corrected chi connectivity index (χ4v) is 2.60. The van der Waals surface area contributed by atoms with Crippen molar-refractivity contribution in [3.05, 3.63) is 0 Å². The highest BCUT2D eigenvalue weighted by atomic mass is 19.1. The zero-order chi connectivity index (χ0) is 13.6. The summed E-state index contributed by atoms with van der Waals surface area (Å²) >= 11 is 0. The summed E-state index contributed by atoms with van der Waals surface area (Å²) in [5.41, 5.74) is -2.83. The van der Waals surface area contributed by atoms with Gasteiger partial charge in [-0.2, -0.15) is 0 Å². The van der Waals surface area contributed by atoms with Gasteiger partial charge < -0.3 is 20.1 Å². The summed E-state index contributed by atoms with van der Waals surface area (Å²) in [6, 6.07) is 0.